The number of hydrogen-bond acceptors (Lipinski definition) is 3. The van der Waals surface area contributed by atoms with Gasteiger partial charge in [0.05, 0.1) is 13.2 Å². The van der Waals surface area contributed by atoms with Crippen LogP contribution in [0.15, 0.2) is 22.7 Å². The van der Waals surface area contributed by atoms with Crippen molar-refractivity contribution in [2.75, 3.05) is 13.2 Å². The number of halogens is 1. The molecule has 3 nitrogen and oxygen atoms in total. The molecule has 1 aromatic carbocycles. The first kappa shape index (κ1) is 14.1. The molecule has 0 unspecified atom stereocenters. The van der Waals surface area contributed by atoms with Crippen molar-refractivity contribution in [1.82, 2.24) is 0 Å². The number of fused-ring (bicyclic) bond motifs is 1. The normalized spacial score (nSPS) is 16.2. The van der Waals surface area contributed by atoms with Crippen molar-refractivity contribution >= 4 is 28.0 Å². The predicted octanol–water partition coefficient (Wildman–Crippen LogP) is 3.70. The summed E-state index contributed by atoms with van der Waals surface area (Å²) in [4.78, 5) is 11.4. The number of hydrogen-bond donors (Lipinski definition) is 0. The molecule has 0 saturated heterocycles. The summed E-state index contributed by atoms with van der Waals surface area (Å²) in [6.07, 6.45) is 3.17. The van der Waals surface area contributed by atoms with E-state index in [1.165, 1.54) is 6.08 Å². The molecule has 1 heterocycles. The third kappa shape index (κ3) is 3.00. The van der Waals surface area contributed by atoms with Crippen molar-refractivity contribution in [3.05, 3.63) is 33.8 Å². The van der Waals surface area contributed by atoms with Crippen molar-refractivity contribution in [2.45, 2.75) is 26.2 Å². The van der Waals surface area contributed by atoms with E-state index in [2.05, 4.69) is 35.8 Å². The predicted molar refractivity (Wildman–Crippen MR) is 78.3 cm³/mol. The van der Waals surface area contributed by atoms with Crippen LogP contribution in [0.5, 0.6) is 5.75 Å². The molecule has 2 rings (SSSR count). The summed E-state index contributed by atoms with van der Waals surface area (Å²) in [6, 6.07) is 4.01. The molecule has 0 aliphatic carbocycles. The Labute approximate surface area is 121 Å². The second-order valence-corrected chi connectivity index (χ2v) is 6.05. The first-order chi connectivity index (χ1) is 8.94. The van der Waals surface area contributed by atoms with Crippen LogP contribution in [-0.4, -0.2) is 19.2 Å². The largest absolute Gasteiger partial charge is 0.492 e. The summed E-state index contributed by atoms with van der Waals surface area (Å²) >= 11 is 3.50. The average molecular weight is 325 g/mol. The molecule has 4 heteroatoms. The molecule has 0 saturated carbocycles. The average Bonchev–Trinajstić information content (AvgIpc) is 2.63. The standard InChI is InChI=1S/C15H17BrO3/c1-4-18-13(17)6-5-10-7-11(16)8-12-14(10)19-9-15(12,2)3/h5-8H,4,9H2,1-3H3. The summed E-state index contributed by atoms with van der Waals surface area (Å²) in [6.45, 7) is 7.10. The highest BCUT2D eigenvalue weighted by molar-refractivity contribution is 9.10. The molecule has 0 radical (unpaired) electrons. The van der Waals surface area contributed by atoms with E-state index in [4.69, 9.17) is 9.47 Å². The molecule has 0 N–H and O–H groups in total. The maximum Gasteiger partial charge on any atom is 0.330 e. The lowest BCUT2D eigenvalue weighted by Crippen LogP contribution is -2.18. The molecule has 0 fully saturated rings. The molecule has 1 aliphatic rings. The minimum absolute atomic E-state index is 0.00830. The van der Waals surface area contributed by atoms with Crippen LogP contribution in [0.2, 0.25) is 0 Å². The fraction of sp³-hybridized carbons (Fsp3) is 0.400. The van der Waals surface area contributed by atoms with Crippen molar-refractivity contribution in [3.63, 3.8) is 0 Å². The first-order valence-corrected chi connectivity index (χ1v) is 7.05. The van der Waals surface area contributed by atoms with Crippen molar-refractivity contribution in [1.29, 1.82) is 0 Å². The molecule has 0 atom stereocenters. The van der Waals surface area contributed by atoms with Gasteiger partial charge in [-0.3, -0.25) is 0 Å². The second-order valence-electron chi connectivity index (χ2n) is 5.13. The lowest BCUT2D eigenvalue weighted by atomic mass is 9.86. The van der Waals surface area contributed by atoms with Crippen LogP contribution in [0.1, 0.15) is 31.9 Å². The van der Waals surface area contributed by atoms with Crippen LogP contribution in [0, 0.1) is 0 Å². The monoisotopic (exact) mass is 324 g/mol. The molecular weight excluding hydrogens is 308 g/mol. The van der Waals surface area contributed by atoms with E-state index in [9.17, 15) is 4.79 Å². The Balaban J connectivity index is 2.35. The number of carbonyl (C=O) groups excluding carboxylic acids is 1. The van der Waals surface area contributed by atoms with Gasteiger partial charge in [-0.15, -0.1) is 0 Å². The molecule has 0 bridgehead atoms. The zero-order valence-corrected chi connectivity index (χ0v) is 12.9. The summed E-state index contributed by atoms with van der Waals surface area (Å²) < 4.78 is 11.6. The Morgan fingerprint density at radius 1 is 1.53 bits per heavy atom. The molecular formula is C15H17BrO3. The highest BCUT2D eigenvalue weighted by atomic mass is 79.9. The Morgan fingerprint density at radius 3 is 2.95 bits per heavy atom. The van der Waals surface area contributed by atoms with Gasteiger partial charge in [0, 0.05) is 27.1 Å². The summed E-state index contributed by atoms with van der Waals surface area (Å²) in [5, 5.41) is 0. The van der Waals surface area contributed by atoms with E-state index in [0.717, 1.165) is 21.3 Å². The number of rotatable bonds is 3. The van der Waals surface area contributed by atoms with Crippen LogP contribution in [0.3, 0.4) is 0 Å². The quantitative estimate of drug-likeness (QED) is 0.628. The van der Waals surface area contributed by atoms with Gasteiger partial charge < -0.3 is 9.47 Å². The molecule has 1 aliphatic heterocycles. The summed E-state index contributed by atoms with van der Waals surface area (Å²) in [5.74, 6) is 0.516. The van der Waals surface area contributed by atoms with E-state index in [0.29, 0.717) is 13.2 Å². The third-order valence-electron chi connectivity index (χ3n) is 3.07. The van der Waals surface area contributed by atoms with Gasteiger partial charge in [-0.25, -0.2) is 4.79 Å². The Bertz CT molecular complexity index is 532. The third-order valence-corrected chi connectivity index (χ3v) is 3.53. The molecule has 0 amide bonds. The summed E-state index contributed by atoms with van der Waals surface area (Å²) in [7, 11) is 0. The maximum atomic E-state index is 11.4. The Morgan fingerprint density at radius 2 is 2.26 bits per heavy atom. The van der Waals surface area contributed by atoms with Gasteiger partial charge in [0.25, 0.3) is 0 Å². The number of ether oxygens (including phenoxy) is 2. The lowest BCUT2D eigenvalue weighted by Gasteiger charge is -2.15. The Hall–Kier alpha value is -1.29. The topological polar surface area (TPSA) is 35.5 Å². The van der Waals surface area contributed by atoms with Crippen LogP contribution in [-0.2, 0) is 14.9 Å². The van der Waals surface area contributed by atoms with E-state index >= 15 is 0 Å². The van der Waals surface area contributed by atoms with Gasteiger partial charge >= 0.3 is 5.97 Å². The SMILES string of the molecule is CCOC(=O)C=Cc1cc(Br)cc2c1OCC2(C)C. The maximum absolute atomic E-state index is 11.4. The molecule has 102 valence electrons. The van der Waals surface area contributed by atoms with Crippen LogP contribution in [0.25, 0.3) is 6.08 Å². The van der Waals surface area contributed by atoms with E-state index in [-0.39, 0.29) is 11.4 Å². The number of carbonyl (C=O) groups is 1. The molecule has 0 spiro atoms. The highest BCUT2D eigenvalue weighted by Crippen LogP contribution is 2.42. The molecule has 1 aromatic rings. The second kappa shape index (κ2) is 5.37. The molecule has 0 aromatic heterocycles. The first-order valence-electron chi connectivity index (χ1n) is 6.25. The van der Waals surface area contributed by atoms with Gasteiger partial charge in [-0.05, 0) is 25.1 Å². The van der Waals surface area contributed by atoms with Gasteiger partial charge in [0.2, 0.25) is 0 Å². The van der Waals surface area contributed by atoms with Crippen molar-refractivity contribution in [3.8, 4) is 5.75 Å². The highest BCUT2D eigenvalue weighted by Gasteiger charge is 2.33. The lowest BCUT2D eigenvalue weighted by molar-refractivity contribution is -0.137. The number of esters is 1. The Kier molecular flexibility index (Phi) is 3.99. The minimum Gasteiger partial charge on any atom is -0.492 e. The van der Waals surface area contributed by atoms with Gasteiger partial charge in [0.1, 0.15) is 5.75 Å². The van der Waals surface area contributed by atoms with Crippen LogP contribution < -0.4 is 4.74 Å². The van der Waals surface area contributed by atoms with Gasteiger partial charge in [-0.1, -0.05) is 29.8 Å². The fourth-order valence-corrected chi connectivity index (χ4v) is 2.56. The van der Waals surface area contributed by atoms with Gasteiger partial charge in [-0.2, -0.15) is 0 Å². The summed E-state index contributed by atoms with van der Waals surface area (Å²) in [5.41, 5.74) is 2.04. The molecule has 19 heavy (non-hydrogen) atoms. The van der Waals surface area contributed by atoms with Crippen molar-refractivity contribution < 1.29 is 14.3 Å². The van der Waals surface area contributed by atoms with E-state index in [1.54, 1.807) is 13.0 Å². The minimum atomic E-state index is -0.339. The van der Waals surface area contributed by atoms with Gasteiger partial charge in [0.15, 0.2) is 0 Å². The van der Waals surface area contributed by atoms with E-state index < -0.39 is 0 Å². The zero-order valence-electron chi connectivity index (χ0n) is 11.3. The van der Waals surface area contributed by atoms with Crippen LogP contribution in [0.4, 0.5) is 0 Å². The number of benzene rings is 1. The van der Waals surface area contributed by atoms with Crippen LogP contribution >= 0.6 is 15.9 Å². The fourth-order valence-electron chi connectivity index (χ4n) is 2.08. The smallest absolute Gasteiger partial charge is 0.330 e. The van der Waals surface area contributed by atoms with Crippen molar-refractivity contribution in [2.24, 2.45) is 0 Å². The van der Waals surface area contributed by atoms with E-state index in [1.807, 2.05) is 6.07 Å². The zero-order chi connectivity index (χ0) is 14.0.